The van der Waals surface area contributed by atoms with Gasteiger partial charge >= 0.3 is 0 Å². The average Bonchev–Trinajstić information content (AvgIpc) is 3.05. The second-order valence-electron chi connectivity index (χ2n) is 5.83. The van der Waals surface area contributed by atoms with E-state index >= 15 is 0 Å². The van der Waals surface area contributed by atoms with E-state index in [0.29, 0.717) is 17.4 Å². The van der Waals surface area contributed by atoms with E-state index in [4.69, 9.17) is 0 Å². The molecule has 2 heterocycles. The highest BCUT2D eigenvalue weighted by atomic mass is 32.2. The minimum absolute atomic E-state index is 0.0483. The number of nitrogens with zero attached hydrogens (tertiary/aromatic N) is 2. The molecule has 22 heavy (non-hydrogen) atoms. The van der Waals surface area contributed by atoms with Gasteiger partial charge in [0.2, 0.25) is 5.88 Å². The third kappa shape index (κ3) is 2.24. The molecule has 2 aromatic rings. The van der Waals surface area contributed by atoms with Gasteiger partial charge in [-0.2, -0.15) is 5.10 Å². The van der Waals surface area contributed by atoms with Crippen LogP contribution >= 0.6 is 11.8 Å². The molecule has 1 atom stereocenters. The molecule has 0 radical (unpaired) electrons. The summed E-state index contributed by atoms with van der Waals surface area (Å²) in [6, 6.07) is 1.95. The number of aryl methyl sites for hydroxylation is 2. The SMILES string of the molecule is CCn1ncc(C(=O)c2cc(C)c3c(c2C)CC(C)S3)c1O. The molecule has 1 aliphatic heterocycles. The zero-order valence-corrected chi connectivity index (χ0v) is 14.1. The molecule has 0 amide bonds. The quantitative estimate of drug-likeness (QED) is 0.881. The lowest BCUT2D eigenvalue weighted by Gasteiger charge is -2.12. The molecule has 1 aliphatic rings. The van der Waals surface area contributed by atoms with Crippen LogP contribution in [-0.4, -0.2) is 25.9 Å². The second kappa shape index (κ2) is 5.47. The van der Waals surface area contributed by atoms with Crippen molar-refractivity contribution in [3.8, 4) is 5.88 Å². The predicted molar refractivity (Wildman–Crippen MR) is 87.9 cm³/mol. The van der Waals surface area contributed by atoms with Crippen LogP contribution in [0.4, 0.5) is 0 Å². The van der Waals surface area contributed by atoms with Gasteiger partial charge in [-0.05, 0) is 49.9 Å². The van der Waals surface area contributed by atoms with E-state index in [1.165, 1.54) is 21.3 Å². The van der Waals surface area contributed by atoms with E-state index in [9.17, 15) is 9.90 Å². The molecule has 0 bridgehead atoms. The van der Waals surface area contributed by atoms with E-state index in [0.717, 1.165) is 17.5 Å². The molecular formula is C17H20N2O2S. The highest BCUT2D eigenvalue weighted by molar-refractivity contribution is 8.00. The molecule has 116 valence electrons. The number of aromatic nitrogens is 2. The first-order valence-electron chi connectivity index (χ1n) is 7.53. The van der Waals surface area contributed by atoms with Crippen LogP contribution in [0.1, 0.15) is 46.5 Å². The van der Waals surface area contributed by atoms with E-state index in [1.807, 2.05) is 31.7 Å². The van der Waals surface area contributed by atoms with Crippen molar-refractivity contribution in [1.29, 1.82) is 0 Å². The smallest absolute Gasteiger partial charge is 0.220 e. The van der Waals surface area contributed by atoms with Gasteiger partial charge in [0.1, 0.15) is 5.56 Å². The Balaban J connectivity index is 2.09. The number of fused-ring (bicyclic) bond motifs is 1. The molecular weight excluding hydrogens is 296 g/mol. The third-order valence-corrected chi connectivity index (χ3v) is 5.63. The highest BCUT2D eigenvalue weighted by Gasteiger charge is 2.27. The first kappa shape index (κ1) is 15.2. The number of benzene rings is 1. The lowest BCUT2D eigenvalue weighted by atomic mass is 9.92. The summed E-state index contributed by atoms with van der Waals surface area (Å²) in [4.78, 5) is 14.1. The van der Waals surface area contributed by atoms with Crippen LogP contribution in [0.2, 0.25) is 0 Å². The fourth-order valence-corrected chi connectivity index (χ4v) is 4.33. The third-order valence-electron chi connectivity index (χ3n) is 4.26. The molecule has 1 unspecified atom stereocenters. The summed E-state index contributed by atoms with van der Waals surface area (Å²) in [5, 5.41) is 14.7. The summed E-state index contributed by atoms with van der Waals surface area (Å²) < 4.78 is 1.43. The van der Waals surface area contributed by atoms with Gasteiger partial charge in [0.05, 0.1) is 6.20 Å². The molecule has 0 aliphatic carbocycles. The van der Waals surface area contributed by atoms with Crippen molar-refractivity contribution in [3.63, 3.8) is 0 Å². The predicted octanol–water partition coefficient (Wildman–Crippen LogP) is 3.49. The topological polar surface area (TPSA) is 55.1 Å². The highest BCUT2D eigenvalue weighted by Crippen LogP contribution is 2.42. The first-order valence-corrected chi connectivity index (χ1v) is 8.41. The summed E-state index contributed by atoms with van der Waals surface area (Å²) >= 11 is 1.88. The van der Waals surface area contributed by atoms with Gasteiger partial charge < -0.3 is 5.11 Å². The second-order valence-corrected chi connectivity index (χ2v) is 7.28. The Morgan fingerprint density at radius 1 is 1.45 bits per heavy atom. The first-order chi connectivity index (χ1) is 10.4. The molecule has 0 spiro atoms. The largest absolute Gasteiger partial charge is 0.493 e. The molecule has 0 fully saturated rings. The summed E-state index contributed by atoms with van der Waals surface area (Å²) in [5.74, 6) is -0.196. The lowest BCUT2D eigenvalue weighted by molar-refractivity contribution is 0.103. The summed E-state index contributed by atoms with van der Waals surface area (Å²) in [6.07, 6.45) is 2.45. The van der Waals surface area contributed by atoms with Crippen molar-refractivity contribution in [3.05, 3.63) is 40.1 Å². The van der Waals surface area contributed by atoms with Gasteiger partial charge in [-0.25, -0.2) is 4.68 Å². The van der Waals surface area contributed by atoms with Crippen LogP contribution in [0.3, 0.4) is 0 Å². The van der Waals surface area contributed by atoms with E-state index in [1.54, 1.807) is 0 Å². The summed E-state index contributed by atoms with van der Waals surface area (Å²) in [7, 11) is 0. The normalized spacial score (nSPS) is 16.8. The summed E-state index contributed by atoms with van der Waals surface area (Å²) in [5.41, 5.74) is 4.41. The van der Waals surface area contributed by atoms with Gasteiger partial charge in [0, 0.05) is 22.3 Å². The Hall–Kier alpha value is -1.75. The number of rotatable bonds is 3. The zero-order chi connectivity index (χ0) is 16.0. The van der Waals surface area contributed by atoms with Crippen molar-refractivity contribution < 1.29 is 9.90 Å². The molecule has 1 aromatic carbocycles. The van der Waals surface area contributed by atoms with Crippen LogP contribution in [0, 0.1) is 13.8 Å². The van der Waals surface area contributed by atoms with E-state index < -0.39 is 0 Å². The van der Waals surface area contributed by atoms with E-state index in [2.05, 4.69) is 18.9 Å². The van der Waals surface area contributed by atoms with Crippen LogP contribution in [-0.2, 0) is 13.0 Å². The minimum atomic E-state index is -0.148. The molecule has 1 N–H and O–H groups in total. The Morgan fingerprint density at radius 3 is 2.82 bits per heavy atom. The van der Waals surface area contributed by atoms with E-state index in [-0.39, 0.29) is 17.2 Å². The van der Waals surface area contributed by atoms with Gasteiger partial charge in [0.25, 0.3) is 0 Å². The Morgan fingerprint density at radius 2 is 2.18 bits per heavy atom. The monoisotopic (exact) mass is 316 g/mol. The number of carbonyl (C=O) groups excluding carboxylic acids is 1. The standard InChI is InChI=1S/C17H20N2O2S/c1-5-19-17(21)14(8-18-19)15(20)12-6-9(2)16-13(11(12)4)7-10(3)22-16/h6,8,10,21H,5,7H2,1-4H3. The molecule has 0 saturated carbocycles. The number of thioether (sulfide) groups is 1. The van der Waals surface area contributed by atoms with Crippen LogP contribution < -0.4 is 0 Å². The van der Waals surface area contributed by atoms with Crippen molar-refractivity contribution >= 4 is 17.5 Å². The maximum absolute atomic E-state index is 12.8. The van der Waals surface area contributed by atoms with Gasteiger partial charge in [-0.3, -0.25) is 4.79 Å². The zero-order valence-electron chi connectivity index (χ0n) is 13.3. The number of carbonyl (C=O) groups is 1. The molecule has 3 rings (SSSR count). The molecule has 1 aromatic heterocycles. The number of aromatic hydroxyl groups is 1. The maximum atomic E-state index is 12.8. The van der Waals surface area contributed by atoms with Crippen LogP contribution in [0.25, 0.3) is 0 Å². The number of hydrogen-bond donors (Lipinski definition) is 1. The van der Waals surface area contributed by atoms with Gasteiger partial charge in [-0.15, -0.1) is 11.8 Å². The van der Waals surface area contributed by atoms with Crippen LogP contribution in [0.5, 0.6) is 5.88 Å². The van der Waals surface area contributed by atoms with Crippen molar-refractivity contribution in [2.24, 2.45) is 0 Å². The molecule has 4 nitrogen and oxygen atoms in total. The molecule has 0 saturated heterocycles. The fraction of sp³-hybridized carbons (Fsp3) is 0.412. The van der Waals surface area contributed by atoms with Crippen molar-refractivity contribution in [1.82, 2.24) is 9.78 Å². The minimum Gasteiger partial charge on any atom is -0.493 e. The average molecular weight is 316 g/mol. The Labute approximate surface area is 134 Å². The summed E-state index contributed by atoms with van der Waals surface area (Å²) in [6.45, 7) is 8.68. The Bertz CT molecular complexity index is 765. The van der Waals surface area contributed by atoms with Gasteiger partial charge in [0.15, 0.2) is 5.78 Å². The van der Waals surface area contributed by atoms with Crippen molar-refractivity contribution in [2.45, 2.75) is 50.8 Å². The number of hydrogen-bond acceptors (Lipinski definition) is 4. The fourth-order valence-electron chi connectivity index (χ4n) is 3.05. The number of ketones is 1. The van der Waals surface area contributed by atoms with Crippen molar-refractivity contribution in [2.75, 3.05) is 0 Å². The lowest BCUT2D eigenvalue weighted by Crippen LogP contribution is -2.07. The molecule has 5 heteroatoms. The van der Waals surface area contributed by atoms with Gasteiger partial charge in [-0.1, -0.05) is 6.92 Å². The Kier molecular flexibility index (Phi) is 3.77. The maximum Gasteiger partial charge on any atom is 0.220 e. The van der Waals surface area contributed by atoms with Crippen LogP contribution in [0.15, 0.2) is 17.2 Å².